The number of imide groups is 1. The number of phenols is 1. The van der Waals surface area contributed by atoms with Crippen LogP contribution in [0.1, 0.15) is 37.9 Å². The molecule has 6 heteroatoms. The van der Waals surface area contributed by atoms with E-state index in [2.05, 4.69) is 0 Å². The van der Waals surface area contributed by atoms with Gasteiger partial charge in [0.1, 0.15) is 11.4 Å². The molecule has 1 saturated heterocycles. The van der Waals surface area contributed by atoms with Crippen LogP contribution in [0.5, 0.6) is 5.75 Å². The van der Waals surface area contributed by atoms with Gasteiger partial charge in [0.2, 0.25) is 0 Å². The maximum atomic E-state index is 13.2. The largest absolute Gasteiger partial charge is 0.508 e. The molecule has 1 atom stereocenters. The van der Waals surface area contributed by atoms with Gasteiger partial charge in [0.05, 0.1) is 6.04 Å². The van der Waals surface area contributed by atoms with Gasteiger partial charge in [-0.05, 0) is 60.9 Å². The molecule has 1 fully saturated rings. The fourth-order valence-corrected chi connectivity index (χ4v) is 3.83. The highest BCUT2D eigenvalue weighted by molar-refractivity contribution is 5.93. The summed E-state index contributed by atoms with van der Waals surface area (Å²) >= 11 is 0. The third-order valence-electron chi connectivity index (χ3n) is 5.22. The Morgan fingerprint density at radius 1 is 1.03 bits per heavy atom. The predicted molar refractivity (Wildman–Crippen MR) is 119 cm³/mol. The first-order valence-electron chi connectivity index (χ1n) is 10.3. The fourth-order valence-electron chi connectivity index (χ4n) is 3.83. The molecule has 3 aromatic rings. The first kappa shape index (κ1) is 20.7. The zero-order valence-electron chi connectivity index (χ0n) is 17.9. The van der Waals surface area contributed by atoms with Crippen molar-refractivity contribution >= 4 is 22.9 Å². The SMILES string of the molecule is CC(C)(C)OC(=O)N1C(=O)N(Cc2ccc3cc(O)ccc3c2)C[C@@H]1c1ccccc1. The summed E-state index contributed by atoms with van der Waals surface area (Å²) in [5.41, 5.74) is 1.14. The van der Waals surface area contributed by atoms with Gasteiger partial charge in [-0.3, -0.25) is 0 Å². The minimum absolute atomic E-state index is 0.216. The monoisotopic (exact) mass is 418 g/mol. The summed E-state index contributed by atoms with van der Waals surface area (Å²) in [5, 5.41) is 11.6. The Hall–Kier alpha value is -3.54. The fraction of sp³-hybridized carbons (Fsp3) is 0.280. The maximum absolute atomic E-state index is 13.2. The van der Waals surface area contributed by atoms with Crippen LogP contribution < -0.4 is 0 Å². The number of nitrogens with zero attached hydrogens (tertiary/aromatic N) is 2. The van der Waals surface area contributed by atoms with E-state index in [1.807, 2.05) is 54.6 Å². The summed E-state index contributed by atoms with van der Waals surface area (Å²) in [7, 11) is 0. The lowest BCUT2D eigenvalue weighted by atomic mass is 10.1. The van der Waals surface area contributed by atoms with Crippen LogP contribution in [0.4, 0.5) is 9.59 Å². The second-order valence-corrected chi connectivity index (χ2v) is 8.81. The van der Waals surface area contributed by atoms with E-state index < -0.39 is 17.7 Å². The van der Waals surface area contributed by atoms with E-state index >= 15 is 0 Å². The van der Waals surface area contributed by atoms with Crippen LogP contribution in [0.2, 0.25) is 0 Å². The number of fused-ring (bicyclic) bond motifs is 1. The van der Waals surface area contributed by atoms with Crippen LogP contribution >= 0.6 is 0 Å². The van der Waals surface area contributed by atoms with E-state index in [4.69, 9.17) is 4.74 Å². The van der Waals surface area contributed by atoms with E-state index in [0.717, 1.165) is 21.9 Å². The van der Waals surface area contributed by atoms with Crippen molar-refractivity contribution in [2.75, 3.05) is 6.54 Å². The molecule has 0 unspecified atom stereocenters. The molecular formula is C25H26N2O4. The number of amides is 3. The third kappa shape index (κ3) is 4.48. The highest BCUT2D eigenvalue weighted by atomic mass is 16.6. The van der Waals surface area contributed by atoms with Gasteiger partial charge in [-0.15, -0.1) is 0 Å². The minimum Gasteiger partial charge on any atom is -0.508 e. The molecular weight excluding hydrogens is 392 g/mol. The summed E-state index contributed by atoms with van der Waals surface area (Å²) in [4.78, 5) is 29.0. The van der Waals surface area contributed by atoms with Gasteiger partial charge >= 0.3 is 12.1 Å². The Kier molecular flexibility index (Phi) is 5.31. The Labute approximate surface area is 181 Å². The molecule has 6 nitrogen and oxygen atoms in total. The molecule has 0 aliphatic carbocycles. The van der Waals surface area contributed by atoms with Gasteiger partial charge in [0, 0.05) is 13.1 Å². The standard InChI is InChI=1S/C25H26N2O4/c1-25(2,3)31-24(30)27-22(18-7-5-4-6-8-18)16-26(23(27)29)15-17-9-10-20-14-21(28)12-11-19(20)13-17/h4-14,22,28H,15-16H2,1-3H3/t22-/m1/s1. The topological polar surface area (TPSA) is 70.1 Å². The Morgan fingerprint density at radius 2 is 1.71 bits per heavy atom. The van der Waals surface area contributed by atoms with E-state index in [9.17, 15) is 14.7 Å². The number of rotatable bonds is 3. The summed E-state index contributed by atoms with van der Waals surface area (Å²) in [6, 6.07) is 19.8. The number of hydrogen-bond acceptors (Lipinski definition) is 4. The zero-order valence-corrected chi connectivity index (χ0v) is 17.9. The third-order valence-corrected chi connectivity index (χ3v) is 5.22. The van der Waals surface area contributed by atoms with E-state index in [1.54, 1.807) is 37.8 Å². The highest BCUT2D eigenvalue weighted by Gasteiger charge is 2.44. The first-order chi connectivity index (χ1) is 14.7. The van der Waals surface area contributed by atoms with Gasteiger partial charge in [-0.25, -0.2) is 14.5 Å². The van der Waals surface area contributed by atoms with Gasteiger partial charge in [0.25, 0.3) is 0 Å². The van der Waals surface area contributed by atoms with E-state index in [-0.39, 0.29) is 11.8 Å². The molecule has 0 aromatic heterocycles. The molecule has 0 radical (unpaired) electrons. The van der Waals surface area contributed by atoms with Crippen molar-refractivity contribution in [1.82, 2.24) is 9.80 Å². The molecule has 31 heavy (non-hydrogen) atoms. The Balaban J connectivity index is 1.62. The predicted octanol–water partition coefficient (Wildman–Crippen LogP) is 5.46. The van der Waals surface area contributed by atoms with Crippen LogP contribution in [0.15, 0.2) is 66.7 Å². The molecule has 0 bridgehead atoms. The van der Waals surface area contributed by atoms with Crippen molar-refractivity contribution in [1.29, 1.82) is 0 Å². The van der Waals surface area contributed by atoms with Crippen LogP contribution in [0.25, 0.3) is 10.8 Å². The van der Waals surface area contributed by atoms with Crippen LogP contribution in [0.3, 0.4) is 0 Å². The molecule has 160 valence electrons. The van der Waals surface area contributed by atoms with E-state index in [1.165, 1.54) is 4.90 Å². The molecule has 1 heterocycles. The number of carbonyl (C=O) groups excluding carboxylic acids is 2. The highest BCUT2D eigenvalue weighted by Crippen LogP contribution is 2.32. The van der Waals surface area contributed by atoms with E-state index in [0.29, 0.717) is 13.1 Å². The number of ether oxygens (including phenoxy) is 1. The first-order valence-corrected chi connectivity index (χ1v) is 10.3. The zero-order chi connectivity index (χ0) is 22.2. The molecule has 0 saturated carbocycles. The molecule has 1 aliphatic heterocycles. The normalized spacial score (nSPS) is 16.7. The van der Waals surface area contributed by atoms with Crippen LogP contribution in [-0.4, -0.2) is 39.2 Å². The Morgan fingerprint density at radius 3 is 2.42 bits per heavy atom. The average Bonchev–Trinajstić information content (AvgIpc) is 3.04. The lowest BCUT2D eigenvalue weighted by molar-refractivity contribution is 0.0295. The number of phenolic OH excluding ortho intramolecular Hbond substituents is 1. The summed E-state index contributed by atoms with van der Waals surface area (Å²) in [5.74, 6) is 0.216. The number of hydrogen-bond donors (Lipinski definition) is 1. The summed E-state index contributed by atoms with van der Waals surface area (Å²) in [6.45, 7) is 6.11. The second kappa shape index (κ2) is 7.95. The number of urea groups is 1. The molecule has 3 aromatic carbocycles. The molecule has 0 spiro atoms. The second-order valence-electron chi connectivity index (χ2n) is 8.81. The maximum Gasteiger partial charge on any atom is 0.419 e. The smallest absolute Gasteiger partial charge is 0.419 e. The van der Waals surface area contributed by atoms with Crippen LogP contribution in [-0.2, 0) is 11.3 Å². The molecule has 3 amide bonds. The van der Waals surface area contributed by atoms with Crippen molar-refractivity contribution in [3.05, 3.63) is 77.9 Å². The van der Waals surface area contributed by atoms with Crippen molar-refractivity contribution in [2.24, 2.45) is 0 Å². The average molecular weight is 418 g/mol. The molecule has 1 aliphatic rings. The van der Waals surface area contributed by atoms with Gasteiger partial charge < -0.3 is 14.7 Å². The van der Waals surface area contributed by atoms with Crippen molar-refractivity contribution in [3.8, 4) is 5.75 Å². The summed E-state index contributed by atoms with van der Waals surface area (Å²) < 4.78 is 5.53. The Bertz CT molecular complexity index is 1120. The quantitative estimate of drug-likeness (QED) is 0.613. The molecule has 4 rings (SSSR count). The lowest BCUT2D eigenvalue weighted by Gasteiger charge is -2.26. The number of carbonyl (C=O) groups is 2. The van der Waals surface area contributed by atoms with Crippen LogP contribution in [0, 0.1) is 0 Å². The lowest BCUT2D eigenvalue weighted by Crippen LogP contribution is -2.40. The number of benzene rings is 3. The van der Waals surface area contributed by atoms with Gasteiger partial charge in [-0.1, -0.05) is 48.5 Å². The minimum atomic E-state index is -0.698. The van der Waals surface area contributed by atoms with Crippen molar-refractivity contribution in [3.63, 3.8) is 0 Å². The van der Waals surface area contributed by atoms with Gasteiger partial charge in [0.15, 0.2) is 0 Å². The van der Waals surface area contributed by atoms with Crippen molar-refractivity contribution in [2.45, 2.75) is 39.0 Å². The summed E-state index contributed by atoms with van der Waals surface area (Å²) in [6.07, 6.45) is -0.636. The molecule has 1 N–H and O–H groups in total. The number of aromatic hydroxyl groups is 1. The van der Waals surface area contributed by atoms with Crippen molar-refractivity contribution < 1.29 is 19.4 Å². The van der Waals surface area contributed by atoms with Gasteiger partial charge in [-0.2, -0.15) is 0 Å².